The first-order valence-electron chi connectivity index (χ1n) is 5.81. The van der Waals surface area contributed by atoms with E-state index in [9.17, 15) is 10.1 Å². The molecule has 0 radical (unpaired) electrons. The van der Waals surface area contributed by atoms with E-state index < -0.39 is 4.92 Å². The molecule has 0 bridgehead atoms. The molecule has 1 heterocycles. The van der Waals surface area contributed by atoms with Crippen molar-refractivity contribution in [2.45, 2.75) is 19.5 Å². The lowest BCUT2D eigenvalue weighted by Gasteiger charge is -2.06. The van der Waals surface area contributed by atoms with Gasteiger partial charge in [-0.3, -0.25) is 10.1 Å². The number of nitrogens with zero attached hydrogens (tertiary/aromatic N) is 2. The van der Waals surface area contributed by atoms with Gasteiger partial charge in [0.05, 0.1) is 9.95 Å². The maximum atomic E-state index is 10.6. The maximum Gasteiger partial charge on any atom is 0.270 e. The molecule has 1 aromatic heterocycles. The molecule has 0 saturated carbocycles. The third-order valence-corrected chi connectivity index (χ3v) is 3.25. The van der Waals surface area contributed by atoms with Crippen molar-refractivity contribution < 1.29 is 4.92 Å². The fraction of sp³-hybridized carbons (Fsp3) is 0.231. The van der Waals surface area contributed by atoms with Crippen LogP contribution in [0.2, 0.25) is 5.02 Å². The fourth-order valence-corrected chi connectivity index (χ4v) is 2.04. The first kappa shape index (κ1) is 13.6. The molecular weight excluding hydrogens is 266 g/mol. The van der Waals surface area contributed by atoms with Gasteiger partial charge in [-0.05, 0) is 30.2 Å². The molecule has 0 amide bonds. The second-order valence-electron chi connectivity index (χ2n) is 4.44. The van der Waals surface area contributed by atoms with Crippen molar-refractivity contribution in [3.63, 3.8) is 0 Å². The minimum absolute atomic E-state index is 0.00229. The van der Waals surface area contributed by atoms with Gasteiger partial charge in [0, 0.05) is 37.1 Å². The third-order valence-electron chi connectivity index (χ3n) is 2.90. The van der Waals surface area contributed by atoms with Crippen LogP contribution >= 0.6 is 11.6 Å². The number of nitro groups is 1. The molecule has 1 atom stereocenters. The monoisotopic (exact) mass is 279 g/mol. The Morgan fingerprint density at radius 3 is 2.74 bits per heavy atom. The zero-order valence-corrected chi connectivity index (χ0v) is 11.2. The number of rotatable bonds is 4. The lowest BCUT2D eigenvalue weighted by atomic mass is 10.2. The molecule has 0 saturated heterocycles. The zero-order chi connectivity index (χ0) is 14.0. The highest BCUT2D eigenvalue weighted by Gasteiger charge is 2.10. The molecule has 6 heteroatoms. The van der Waals surface area contributed by atoms with Crippen LogP contribution in [0.15, 0.2) is 36.7 Å². The molecule has 5 nitrogen and oxygen atoms in total. The van der Waals surface area contributed by atoms with Crippen LogP contribution in [0, 0.1) is 10.1 Å². The topological polar surface area (TPSA) is 74.1 Å². The van der Waals surface area contributed by atoms with Gasteiger partial charge in [-0.2, -0.15) is 0 Å². The van der Waals surface area contributed by atoms with Crippen molar-refractivity contribution in [3.05, 3.63) is 62.9 Å². The summed E-state index contributed by atoms with van der Waals surface area (Å²) in [4.78, 5) is 10.2. The molecule has 2 aromatic rings. The van der Waals surface area contributed by atoms with Crippen molar-refractivity contribution in [2.75, 3.05) is 0 Å². The quantitative estimate of drug-likeness (QED) is 0.690. The molecule has 1 aromatic carbocycles. The Morgan fingerprint density at radius 2 is 2.21 bits per heavy atom. The van der Waals surface area contributed by atoms with Crippen LogP contribution in [-0.4, -0.2) is 9.49 Å². The normalized spacial score (nSPS) is 12.4. The Labute approximate surface area is 115 Å². The van der Waals surface area contributed by atoms with Gasteiger partial charge in [-0.25, -0.2) is 0 Å². The predicted octanol–water partition coefficient (Wildman–Crippen LogP) is 3.12. The molecular formula is C13H14ClN3O2. The number of nitro benzene ring substituents is 1. The smallest absolute Gasteiger partial charge is 0.270 e. The summed E-state index contributed by atoms with van der Waals surface area (Å²) in [5, 5.41) is 11.0. The standard InChI is InChI=1S/C13H14ClN3O2/c1-9(15)10-4-5-16(7-10)8-11-2-3-12(17(18)19)6-13(11)14/h2-7,9H,8,15H2,1H3. The summed E-state index contributed by atoms with van der Waals surface area (Å²) in [6.45, 7) is 2.47. The number of hydrogen-bond donors (Lipinski definition) is 1. The summed E-state index contributed by atoms with van der Waals surface area (Å²) in [5.41, 5.74) is 7.66. The van der Waals surface area contributed by atoms with E-state index in [1.807, 2.05) is 30.0 Å². The van der Waals surface area contributed by atoms with E-state index in [1.54, 1.807) is 6.07 Å². The highest BCUT2D eigenvalue weighted by atomic mass is 35.5. The van der Waals surface area contributed by atoms with Crippen molar-refractivity contribution in [3.8, 4) is 0 Å². The number of aromatic nitrogens is 1. The first-order chi connectivity index (χ1) is 8.97. The molecule has 0 spiro atoms. The summed E-state index contributed by atoms with van der Waals surface area (Å²) in [6.07, 6.45) is 3.86. The van der Waals surface area contributed by atoms with E-state index in [2.05, 4.69) is 0 Å². The van der Waals surface area contributed by atoms with Gasteiger partial charge in [-0.15, -0.1) is 0 Å². The summed E-state index contributed by atoms with van der Waals surface area (Å²) in [7, 11) is 0. The third kappa shape index (κ3) is 3.13. The highest BCUT2D eigenvalue weighted by Crippen LogP contribution is 2.23. The van der Waals surface area contributed by atoms with Crippen molar-refractivity contribution >= 4 is 17.3 Å². The van der Waals surface area contributed by atoms with Crippen molar-refractivity contribution in [1.29, 1.82) is 0 Å². The van der Waals surface area contributed by atoms with Gasteiger partial charge >= 0.3 is 0 Å². The number of non-ortho nitro benzene ring substituents is 1. The Kier molecular flexibility index (Phi) is 3.87. The van der Waals surface area contributed by atoms with Gasteiger partial charge in [0.2, 0.25) is 0 Å². The fourth-order valence-electron chi connectivity index (χ4n) is 1.80. The maximum absolute atomic E-state index is 10.6. The van der Waals surface area contributed by atoms with Gasteiger partial charge in [0.1, 0.15) is 0 Å². The summed E-state index contributed by atoms with van der Waals surface area (Å²) in [5.74, 6) is 0. The van der Waals surface area contributed by atoms with Gasteiger partial charge in [0.25, 0.3) is 5.69 Å². The summed E-state index contributed by atoms with van der Waals surface area (Å²) in [6, 6.07) is 6.42. The van der Waals surface area contributed by atoms with Gasteiger partial charge < -0.3 is 10.3 Å². The van der Waals surface area contributed by atoms with Crippen LogP contribution in [0.5, 0.6) is 0 Å². The number of benzene rings is 1. The molecule has 1 unspecified atom stereocenters. The number of hydrogen-bond acceptors (Lipinski definition) is 3. The SMILES string of the molecule is CC(N)c1ccn(Cc2ccc([N+](=O)[O-])cc2Cl)c1. The van der Waals surface area contributed by atoms with Gasteiger partial charge in [-0.1, -0.05) is 11.6 Å². The minimum Gasteiger partial charge on any atom is -0.350 e. The van der Waals surface area contributed by atoms with Crippen LogP contribution in [0.1, 0.15) is 24.1 Å². The lowest BCUT2D eigenvalue weighted by Crippen LogP contribution is -2.04. The number of halogens is 1. The Bertz CT molecular complexity index is 608. The molecule has 2 rings (SSSR count). The van der Waals surface area contributed by atoms with E-state index in [-0.39, 0.29) is 11.7 Å². The molecule has 19 heavy (non-hydrogen) atoms. The average Bonchev–Trinajstić information content (AvgIpc) is 2.80. The summed E-state index contributed by atoms with van der Waals surface area (Å²) >= 11 is 6.05. The lowest BCUT2D eigenvalue weighted by molar-refractivity contribution is -0.384. The molecule has 0 fully saturated rings. The molecule has 2 N–H and O–H groups in total. The van der Waals surface area contributed by atoms with E-state index in [4.69, 9.17) is 17.3 Å². The van der Waals surface area contributed by atoms with Crippen molar-refractivity contribution in [1.82, 2.24) is 4.57 Å². The second-order valence-corrected chi connectivity index (χ2v) is 4.85. The largest absolute Gasteiger partial charge is 0.350 e. The first-order valence-corrected chi connectivity index (χ1v) is 6.19. The second kappa shape index (κ2) is 5.42. The Morgan fingerprint density at radius 1 is 1.47 bits per heavy atom. The van der Waals surface area contributed by atoms with E-state index in [1.165, 1.54) is 12.1 Å². The molecule has 0 aliphatic carbocycles. The minimum atomic E-state index is -0.459. The van der Waals surface area contributed by atoms with E-state index in [0.717, 1.165) is 11.1 Å². The van der Waals surface area contributed by atoms with Crippen LogP contribution < -0.4 is 5.73 Å². The molecule has 0 aliphatic rings. The van der Waals surface area contributed by atoms with Crippen LogP contribution in [0.4, 0.5) is 5.69 Å². The highest BCUT2D eigenvalue weighted by molar-refractivity contribution is 6.31. The predicted molar refractivity (Wildman–Crippen MR) is 74.2 cm³/mol. The zero-order valence-electron chi connectivity index (χ0n) is 10.4. The average molecular weight is 280 g/mol. The van der Waals surface area contributed by atoms with Gasteiger partial charge in [0.15, 0.2) is 0 Å². The summed E-state index contributed by atoms with van der Waals surface area (Å²) < 4.78 is 1.95. The Balaban J connectivity index is 2.20. The van der Waals surface area contributed by atoms with Crippen LogP contribution in [-0.2, 0) is 6.54 Å². The van der Waals surface area contributed by atoms with E-state index in [0.29, 0.717) is 11.6 Å². The molecule has 0 aliphatic heterocycles. The van der Waals surface area contributed by atoms with Crippen LogP contribution in [0.25, 0.3) is 0 Å². The molecule has 100 valence electrons. The van der Waals surface area contributed by atoms with Crippen LogP contribution in [0.3, 0.4) is 0 Å². The Hall–Kier alpha value is -1.85. The van der Waals surface area contributed by atoms with Crippen molar-refractivity contribution in [2.24, 2.45) is 5.73 Å². The van der Waals surface area contributed by atoms with E-state index >= 15 is 0 Å². The number of nitrogens with two attached hydrogens (primary N) is 1.